The first kappa shape index (κ1) is 13.3. The van der Waals surface area contributed by atoms with E-state index in [2.05, 4.69) is 17.2 Å². The zero-order chi connectivity index (χ0) is 13.0. The molecule has 0 aromatic carbocycles. The van der Waals surface area contributed by atoms with Crippen molar-refractivity contribution in [2.45, 2.75) is 32.0 Å². The minimum atomic E-state index is -0.381. The Morgan fingerprint density at radius 3 is 3.00 bits per heavy atom. The van der Waals surface area contributed by atoms with E-state index >= 15 is 0 Å². The molecular weight excluding hydrogens is 246 g/mol. The number of aryl methyl sites for hydroxylation is 1. The van der Waals surface area contributed by atoms with Gasteiger partial charge in [-0.3, -0.25) is 0 Å². The van der Waals surface area contributed by atoms with E-state index in [1.165, 1.54) is 0 Å². The molecule has 2 heterocycles. The lowest BCUT2D eigenvalue weighted by Gasteiger charge is -2.17. The van der Waals surface area contributed by atoms with Gasteiger partial charge in [0.05, 0.1) is 12.6 Å². The largest absolute Gasteiger partial charge is 0.388 e. The summed E-state index contributed by atoms with van der Waals surface area (Å²) in [6, 6.07) is 4.19. The van der Waals surface area contributed by atoms with Crippen LogP contribution in [0.5, 0.6) is 0 Å². The monoisotopic (exact) mass is 265 g/mol. The van der Waals surface area contributed by atoms with Gasteiger partial charge in [-0.2, -0.15) is 0 Å². The number of aliphatic hydroxyl groups excluding tert-OH is 1. The molecule has 0 saturated carbocycles. The normalized spacial score (nSPS) is 14.6. The molecule has 0 radical (unpaired) electrons. The van der Waals surface area contributed by atoms with Crippen LogP contribution in [0.15, 0.2) is 29.9 Å². The van der Waals surface area contributed by atoms with Crippen LogP contribution in [0, 0.1) is 0 Å². The first-order valence-electron chi connectivity index (χ1n) is 6.08. The van der Waals surface area contributed by atoms with Crippen molar-refractivity contribution in [3.63, 3.8) is 0 Å². The molecule has 2 atom stereocenters. The summed E-state index contributed by atoms with van der Waals surface area (Å²) in [6.45, 7) is 2.81. The van der Waals surface area contributed by atoms with E-state index in [-0.39, 0.29) is 12.1 Å². The van der Waals surface area contributed by atoms with Gasteiger partial charge in [0.25, 0.3) is 0 Å². The van der Waals surface area contributed by atoms with E-state index in [4.69, 9.17) is 0 Å². The van der Waals surface area contributed by atoms with Crippen LogP contribution >= 0.6 is 11.3 Å². The highest BCUT2D eigenvalue weighted by atomic mass is 32.1. The lowest BCUT2D eigenvalue weighted by Crippen LogP contribution is -2.28. The average Bonchev–Trinajstić information content (AvgIpc) is 2.97. The van der Waals surface area contributed by atoms with Crippen LogP contribution in [0.1, 0.15) is 30.2 Å². The lowest BCUT2D eigenvalue weighted by atomic mass is 10.1. The van der Waals surface area contributed by atoms with Crippen molar-refractivity contribution < 1.29 is 5.11 Å². The second-order valence-electron chi connectivity index (χ2n) is 4.50. The number of imidazole rings is 1. The molecule has 0 saturated heterocycles. The molecule has 2 aromatic heterocycles. The predicted octanol–water partition coefficient (Wildman–Crippen LogP) is 2.08. The molecule has 0 aliphatic heterocycles. The number of rotatable bonds is 6. The molecule has 18 heavy (non-hydrogen) atoms. The van der Waals surface area contributed by atoms with Gasteiger partial charge < -0.3 is 15.0 Å². The topological polar surface area (TPSA) is 50.1 Å². The van der Waals surface area contributed by atoms with Crippen LogP contribution in [0.25, 0.3) is 0 Å². The van der Waals surface area contributed by atoms with Crippen LogP contribution < -0.4 is 5.32 Å². The molecule has 5 heteroatoms. The van der Waals surface area contributed by atoms with E-state index in [1.54, 1.807) is 17.5 Å². The lowest BCUT2D eigenvalue weighted by molar-refractivity contribution is 0.157. The van der Waals surface area contributed by atoms with Crippen LogP contribution in [-0.2, 0) is 13.6 Å². The summed E-state index contributed by atoms with van der Waals surface area (Å²) < 4.78 is 2.00. The Hall–Kier alpha value is -1.17. The van der Waals surface area contributed by atoms with E-state index in [0.29, 0.717) is 6.42 Å². The van der Waals surface area contributed by atoms with E-state index in [0.717, 1.165) is 17.2 Å². The molecule has 2 N–H and O–H groups in total. The van der Waals surface area contributed by atoms with E-state index in [9.17, 15) is 5.11 Å². The second-order valence-corrected chi connectivity index (χ2v) is 5.48. The van der Waals surface area contributed by atoms with Crippen molar-refractivity contribution >= 4 is 11.3 Å². The van der Waals surface area contributed by atoms with E-state index in [1.807, 2.05) is 35.3 Å². The number of aliphatic hydroxyl groups is 1. The summed E-state index contributed by atoms with van der Waals surface area (Å²) in [5.74, 6) is 1.01. The van der Waals surface area contributed by atoms with Gasteiger partial charge in [-0.15, -0.1) is 11.3 Å². The third kappa shape index (κ3) is 3.41. The maximum atomic E-state index is 10.0. The van der Waals surface area contributed by atoms with Crippen molar-refractivity contribution in [3.8, 4) is 0 Å². The van der Waals surface area contributed by atoms with Gasteiger partial charge in [-0.25, -0.2) is 4.98 Å². The fourth-order valence-corrected chi connectivity index (χ4v) is 2.57. The Morgan fingerprint density at radius 2 is 2.39 bits per heavy atom. The fourth-order valence-electron chi connectivity index (χ4n) is 1.85. The van der Waals surface area contributed by atoms with Crippen molar-refractivity contribution in [1.29, 1.82) is 0 Å². The number of hydrogen-bond donors (Lipinski definition) is 2. The average molecular weight is 265 g/mol. The number of thiophene rings is 1. The third-order valence-corrected chi connectivity index (χ3v) is 3.95. The second kappa shape index (κ2) is 6.13. The number of hydrogen-bond acceptors (Lipinski definition) is 4. The quantitative estimate of drug-likeness (QED) is 0.841. The minimum absolute atomic E-state index is 0.249. The van der Waals surface area contributed by atoms with Crippen molar-refractivity contribution in [2.24, 2.45) is 7.05 Å². The number of nitrogens with zero attached hydrogens (tertiary/aromatic N) is 2. The maximum absolute atomic E-state index is 10.0. The third-order valence-electron chi connectivity index (χ3n) is 2.98. The molecule has 4 nitrogen and oxygen atoms in total. The summed E-state index contributed by atoms with van der Waals surface area (Å²) >= 11 is 1.60. The maximum Gasteiger partial charge on any atom is 0.122 e. The summed E-state index contributed by atoms with van der Waals surface area (Å²) in [6.07, 6.45) is 4.06. The van der Waals surface area contributed by atoms with Crippen LogP contribution in [0.3, 0.4) is 0 Å². The van der Waals surface area contributed by atoms with Gasteiger partial charge in [0, 0.05) is 30.4 Å². The van der Waals surface area contributed by atoms with Gasteiger partial charge in [-0.1, -0.05) is 6.07 Å². The van der Waals surface area contributed by atoms with Crippen LogP contribution in [0.2, 0.25) is 0 Å². The summed E-state index contributed by atoms with van der Waals surface area (Å²) in [7, 11) is 1.98. The van der Waals surface area contributed by atoms with Gasteiger partial charge in [-0.05, 0) is 24.8 Å². The molecule has 0 aliphatic carbocycles. The molecule has 98 valence electrons. The zero-order valence-electron chi connectivity index (χ0n) is 10.7. The van der Waals surface area contributed by atoms with Crippen molar-refractivity contribution in [1.82, 2.24) is 14.9 Å². The van der Waals surface area contributed by atoms with Gasteiger partial charge in [0.15, 0.2) is 0 Å². The predicted molar refractivity (Wildman–Crippen MR) is 73.4 cm³/mol. The highest BCUT2D eigenvalue weighted by molar-refractivity contribution is 7.10. The highest BCUT2D eigenvalue weighted by Gasteiger charge is 2.13. The standard InChI is InChI=1S/C13H19N3OS/c1-10(8-11(17)12-4-3-7-18-12)15-9-13-14-5-6-16(13)2/h3-7,10-11,15,17H,8-9H2,1-2H3/t10-,11-/m1/s1. The minimum Gasteiger partial charge on any atom is -0.388 e. The Labute approximate surface area is 111 Å². The SMILES string of the molecule is C[C@H](C[C@@H](O)c1cccs1)NCc1nccn1C. The van der Waals surface area contributed by atoms with Crippen molar-refractivity contribution in [2.75, 3.05) is 0 Å². The number of aromatic nitrogens is 2. The van der Waals surface area contributed by atoms with Crippen molar-refractivity contribution in [3.05, 3.63) is 40.6 Å². The Bertz CT molecular complexity index is 466. The Balaban J connectivity index is 1.79. The van der Waals surface area contributed by atoms with Gasteiger partial charge in [0.1, 0.15) is 5.82 Å². The fraction of sp³-hybridized carbons (Fsp3) is 0.462. The Kier molecular flexibility index (Phi) is 4.52. The molecule has 0 spiro atoms. The summed E-state index contributed by atoms with van der Waals surface area (Å²) in [5.41, 5.74) is 0. The first-order valence-corrected chi connectivity index (χ1v) is 6.96. The van der Waals surface area contributed by atoms with Gasteiger partial charge >= 0.3 is 0 Å². The molecule has 2 aromatic rings. The van der Waals surface area contributed by atoms with E-state index < -0.39 is 0 Å². The molecule has 0 fully saturated rings. The summed E-state index contributed by atoms with van der Waals surface area (Å²) in [5, 5.41) is 15.4. The number of nitrogens with one attached hydrogen (secondary N) is 1. The Morgan fingerprint density at radius 1 is 1.56 bits per heavy atom. The highest BCUT2D eigenvalue weighted by Crippen LogP contribution is 2.22. The smallest absolute Gasteiger partial charge is 0.122 e. The summed E-state index contributed by atoms with van der Waals surface area (Å²) in [4.78, 5) is 5.29. The molecule has 0 amide bonds. The molecule has 0 bridgehead atoms. The first-order chi connectivity index (χ1) is 8.66. The molecule has 0 unspecified atom stereocenters. The molecule has 2 rings (SSSR count). The van der Waals surface area contributed by atoms with Gasteiger partial charge in [0.2, 0.25) is 0 Å². The molecular formula is C13H19N3OS. The zero-order valence-corrected chi connectivity index (χ0v) is 11.5. The molecule has 0 aliphatic rings. The van der Waals surface area contributed by atoms with Crippen LogP contribution in [-0.4, -0.2) is 20.7 Å². The van der Waals surface area contributed by atoms with Crippen LogP contribution in [0.4, 0.5) is 0 Å².